The van der Waals surface area contributed by atoms with Crippen LogP contribution in [0.15, 0.2) is 18.3 Å². The molecule has 1 aromatic heterocycles. The fourth-order valence-electron chi connectivity index (χ4n) is 1.80. The van der Waals surface area contributed by atoms with E-state index < -0.39 is 5.82 Å². The van der Waals surface area contributed by atoms with Crippen LogP contribution >= 0.6 is 0 Å². The molecule has 1 saturated heterocycles. The first-order chi connectivity index (χ1) is 9.63. The van der Waals surface area contributed by atoms with Gasteiger partial charge in [0.1, 0.15) is 5.82 Å². The lowest BCUT2D eigenvalue weighted by molar-refractivity contribution is -0.119. The number of hydrogen-bond donors (Lipinski definition) is 1. The summed E-state index contributed by atoms with van der Waals surface area (Å²) in [6, 6.07) is 4.95. The lowest BCUT2D eigenvalue weighted by Crippen LogP contribution is -2.20. The van der Waals surface area contributed by atoms with Gasteiger partial charge in [-0.25, -0.2) is 4.39 Å². The number of carbonyl (C=O) groups excluding carboxylic acids is 1. The van der Waals surface area contributed by atoms with Crippen molar-refractivity contribution in [2.24, 2.45) is 0 Å². The van der Waals surface area contributed by atoms with Crippen LogP contribution in [0.5, 0.6) is 0 Å². The Morgan fingerprint density at radius 2 is 2.25 bits per heavy atom. The molecule has 0 radical (unpaired) electrons. The van der Waals surface area contributed by atoms with Gasteiger partial charge in [0.2, 0.25) is 5.91 Å². The van der Waals surface area contributed by atoms with Gasteiger partial charge in [-0.05, 0) is 38.1 Å². The number of rotatable bonds is 3. The summed E-state index contributed by atoms with van der Waals surface area (Å²) in [5.41, 5.74) is 0.257. The molecule has 0 atom stereocenters. The molecule has 1 aromatic rings. The second-order valence-corrected chi connectivity index (χ2v) is 4.48. The Balaban J connectivity index is 0.000000217. The van der Waals surface area contributed by atoms with E-state index >= 15 is 0 Å². The third-order valence-electron chi connectivity index (χ3n) is 2.83. The van der Waals surface area contributed by atoms with Crippen LogP contribution in [0.4, 0.5) is 4.39 Å². The molecule has 2 heterocycles. The Morgan fingerprint density at radius 1 is 1.55 bits per heavy atom. The summed E-state index contributed by atoms with van der Waals surface area (Å²) in [4.78, 5) is 16.4. The second kappa shape index (κ2) is 8.99. The summed E-state index contributed by atoms with van der Waals surface area (Å²) in [7, 11) is 0. The Kier molecular flexibility index (Phi) is 7.22. The van der Waals surface area contributed by atoms with Crippen molar-refractivity contribution in [3.8, 4) is 6.07 Å². The maximum absolute atomic E-state index is 12.8. The predicted molar refractivity (Wildman–Crippen MR) is 73.0 cm³/mol. The van der Waals surface area contributed by atoms with Crippen molar-refractivity contribution in [3.63, 3.8) is 0 Å². The highest BCUT2D eigenvalue weighted by molar-refractivity contribution is 5.72. The minimum absolute atomic E-state index is 0.141. The zero-order valence-corrected chi connectivity index (χ0v) is 11.6. The number of carbonyl (C=O) groups is 1. The lowest BCUT2D eigenvalue weighted by Gasteiger charge is -2.06. The Labute approximate surface area is 118 Å². The molecule has 6 heteroatoms. The molecule has 0 spiro atoms. The van der Waals surface area contributed by atoms with Crippen molar-refractivity contribution in [2.45, 2.75) is 26.3 Å². The number of nitriles is 1. The van der Waals surface area contributed by atoms with Crippen molar-refractivity contribution in [3.05, 3.63) is 29.8 Å². The number of nitrogens with zero attached hydrogens (tertiary/aromatic N) is 3. The number of nitrogens with one attached hydrogen (secondary N) is 1. The van der Waals surface area contributed by atoms with Crippen LogP contribution in [-0.2, 0) is 11.3 Å². The summed E-state index contributed by atoms with van der Waals surface area (Å²) in [5, 5.41) is 10.7. The van der Waals surface area contributed by atoms with E-state index in [1.54, 1.807) is 0 Å². The van der Waals surface area contributed by atoms with Gasteiger partial charge in [-0.2, -0.15) is 5.26 Å². The van der Waals surface area contributed by atoms with Gasteiger partial charge in [-0.3, -0.25) is 14.7 Å². The van der Waals surface area contributed by atoms with Crippen LogP contribution in [-0.4, -0.2) is 35.4 Å². The van der Waals surface area contributed by atoms with E-state index in [9.17, 15) is 9.18 Å². The van der Waals surface area contributed by atoms with E-state index in [0.717, 1.165) is 13.1 Å². The summed E-state index contributed by atoms with van der Waals surface area (Å²) in [5.74, 6) is -0.591. The average Bonchev–Trinajstić information content (AvgIpc) is 2.92. The van der Waals surface area contributed by atoms with Gasteiger partial charge in [0.15, 0.2) is 0 Å². The third kappa shape index (κ3) is 6.25. The summed E-state index contributed by atoms with van der Waals surface area (Å²) < 4.78 is 12.8. The molecule has 1 aliphatic rings. The Morgan fingerprint density at radius 3 is 2.80 bits per heavy atom. The van der Waals surface area contributed by atoms with Gasteiger partial charge in [0, 0.05) is 13.1 Å². The van der Waals surface area contributed by atoms with E-state index in [4.69, 9.17) is 5.26 Å². The minimum atomic E-state index is -0.397. The monoisotopic (exact) mass is 278 g/mol. The molecule has 5 nitrogen and oxygen atoms in total. The number of pyridine rings is 1. The van der Waals surface area contributed by atoms with Gasteiger partial charge in [0.05, 0.1) is 24.9 Å². The van der Waals surface area contributed by atoms with Crippen LogP contribution in [0.1, 0.15) is 25.5 Å². The Hall–Kier alpha value is -2.00. The van der Waals surface area contributed by atoms with E-state index in [0.29, 0.717) is 6.54 Å². The minimum Gasteiger partial charge on any atom is -0.351 e. The summed E-state index contributed by atoms with van der Waals surface area (Å²) in [6.07, 6.45) is 4.05. The maximum atomic E-state index is 12.8. The molecule has 1 fully saturated rings. The third-order valence-corrected chi connectivity index (χ3v) is 2.83. The largest absolute Gasteiger partial charge is 0.351 e. The van der Waals surface area contributed by atoms with Crippen LogP contribution < -0.4 is 5.32 Å². The number of amides is 1. The molecule has 1 amide bonds. The first-order valence-electron chi connectivity index (χ1n) is 6.56. The quantitative estimate of drug-likeness (QED) is 0.850. The topological polar surface area (TPSA) is 69.0 Å². The van der Waals surface area contributed by atoms with Crippen molar-refractivity contribution < 1.29 is 9.18 Å². The standard InChI is InChI=1S/C8H9FN2O.C6H10N2/c1-6(12)11-5-8-7(9)3-2-4-10-8;7-3-6-8-4-1-2-5-8/h2-4H,5H2,1H3,(H,11,12);1-2,4-6H2. The molecule has 1 aliphatic heterocycles. The molecule has 0 unspecified atom stereocenters. The fraction of sp³-hybridized carbons (Fsp3) is 0.500. The van der Waals surface area contributed by atoms with Crippen molar-refractivity contribution in [1.29, 1.82) is 5.26 Å². The fourth-order valence-corrected chi connectivity index (χ4v) is 1.80. The first-order valence-corrected chi connectivity index (χ1v) is 6.56. The SMILES string of the molecule is CC(=O)NCc1ncccc1F.N#CCN1CCCC1. The molecule has 0 aromatic carbocycles. The normalized spacial score (nSPS) is 14.1. The Bertz CT molecular complexity index is 466. The lowest BCUT2D eigenvalue weighted by atomic mass is 10.3. The highest BCUT2D eigenvalue weighted by atomic mass is 19.1. The predicted octanol–water partition coefficient (Wildman–Crippen LogP) is 1.46. The smallest absolute Gasteiger partial charge is 0.217 e. The van der Waals surface area contributed by atoms with E-state index in [1.165, 1.54) is 38.1 Å². The molecule has 2 rings (SSSR count). The first kappa shape index (κ1) is 16.1. The van der Waals surface area contributed by atoms with Gasteiger partial charge < -0.3 is 5.32 Å². The van der Waals surface area contributed by atoms with Crippen molar-refractivity contribution >= 4 is 5.91 Å². The number of hydrogen-bond acceptors (Lipinski definition) is 4. The molecular weight excluding hydrogens is 259 g/mol. The molecular formula is C14H19FN4O. The van der Waals surface area contributed by atoms with Crippen molar-refractivity contribution in [2.75, 3.05) is 19.6 Å². The number of likely N-dealkylation sites (tertiary alicyclic amines) is 1. The second-order valence-electron chi connectivity index (χ2n) is 4.48. The summed E-state index contributed by atoms with van der Waals surface area (Å²) >= 11 is 0. The average molecular weight is 278 g/mol. The van der Waals surface area contributed by atoms with E-state index in [2.05, 4.69) is 21.3 Å². The molecule has 0 saturated carbocycles. The van der Waals surface area contributed by atoms with Gasteiger partial charge in [-0.1, -0.05) is 0 Å². The highest BCUT2D eigenvalue weighted by Gasteiger charge is 2.08. The molecule has 0 bridgehead atoms. The van der Waals surface area contributed by atoms with Crippen LogP contribution in [0.3, 0.4) is 0 Å². The van der Waals surface area contributed by atoms with Gasteiger partial charge >= 0.3 is 0 Å². The van der Waals surface area contributed by atoms with Gasteiger partial charge in [-0.15, -0.1) is 0 Å². The molecule has 0 aliphatic carbocycles. The molecule has 1 N–H and O–H groups in total. The van der Waals surface area contributed by atoms with Crippen LogP contribution in [0.2, 0.25) is 0 Å². The number of aromatic nitrogens is 1. The maximum Gasteiger partial charge on any atom is 0.217 e. The van der Waals surface area contributed by atoms with Crippen LogP contribution in [0.25, 0.3) is 0 Å². The van der Waals surface area contributed by atoms with Crippen LogP contribution in [0, 0.1) is 17.1 Å². The zero-order valence-electron chi connectivity index (χ0n) is 11.6. The van der Waals surface area contributed by atoms with E-state index in [-0.39, 0.29) is 18.1 Å². The molecule has 108 valence electrons. The molecule has 20 heavy (non-hydrogen) atoms. The summed E-state index contributed by atoms with van der Waals surface area (Å²) in [6.45, 7) is 4.41. The highest BCUT2D eigenvalue weighted by Crippen LogP contribution is 2.05. The van der Waals surface area contributed by atoms with Crippen molar-refractivity contribution in [1.82, 2.24) is 15.2 Å². The van der Waals surface area contributed by atoms with Gasteiger partial charge in [0.25, 0.3) is 0 Å². The van der Waals surface area contributed by atoms with E-state index in [1.807, 2.05) is 0 Å². The number of halogens is 1. The zero-order chi connectivity index (χ0) is 14.8.